The SMILES string of the molecule is CCCCCCC(C)CCCC1(C(=O)OC)CCCCC1. The highest BCUT2D eigenvalue weighted by atomic mass is 16.5. The minimum Gasteiger partial charge on any atom is -0.469 e. The maximum absolute atomic E-state index is 12.2. The summed E-state index contributed by atoms with van der Waals surface area (Å²) in [6.45, 7) is 4.64. The first-order valence-corrected chi connectivity index (χ1v) is 9.23. The Bertz CT molecular complexity index is 279. The van der Waals surface area contributed by atoms with Gasteiger partial charge in [-0.25, -0.2) is 0 Å². The molecule has 1 unspecified atom stereocenters. The molecule has 0 aromatic rings. The highest BCUT2D eigenvalue weighted by molar-refractivity contribution is 5.76. The molecule has 0 spiro atoms. The van der Waals surface area contributed by atoms with E-state index in [0.29, 0.717) is 0 Å². The number of unbranched alkanes of at least 4 members (excludes halogenated alkanes) is 3. The molecule has 0 radical (unpaired) electrons. The predicted molar refractivity (Wildman–Crippen MR) is 89.3 cm³/mol. The lowest BCUT2D eigenvalue weighted by Gasteiger charge is -2.34. The number of carbonyl (C=O) groups excluding carboxylic acids is 1. The normalized spacial score (nSPS) is 19.2. The van der Waals surface area contributed by atoms with Crippen LogP contribution in [0.25, 0.3) is 0 Å². The molecule has 1 aliphatic rings. The minimum absolute atomic E-state index is 0.0535. The second-order valence-corrected chi connectivity index (χ2v) is 7.18. The molecule has 0 saturated heterocycles. The molecule has 2 heteroatoms. The molecule has 0 aromatic carbocycles. The third kappa shape index (κ3) is 6.40. The molecular formula is C19H36O2. The van der Waals surface area contributed by atoms with E-state index in [0.717, 1.165) is 25.2 Å². The van der Waals surface area contributed by atoms with Crippen LogP contribution in [0.1, 0.15) is 97.3 Å². The number of hydrogen-bond acceptors (Lipinski definition) is 2. The first kappa shape index (κ1) is 18.5. The van der Waals surface area contributed by atoms with Crippen LogP contribution in [0.2, 0.25) is 0 Å². The van der Waals surface area contributed by atoms with E-state index < -0.39 is 0 Å². The summed E-state index contributed by atoms with van der Waals surface area (Å²) in [4.78, 5) is 12.2. The van der Waals surface area contributed by atoms with Gasteiger partial charge in [0.25, 0.3) is 0 Å². The van der Waals surface area contributed by atoms with Crippen molar-refractivity contribution in [2.45, 2.75) is 97.3 Å². The summed E-state index contributed by atoms with van der Waals surface area (Å²) in [5, 5.41) is 0. The van der Waals surface area contributed by atoms with Gasteiger partial charge in [0.1, 0.15) is 0 Å². The van der Waals surface area contributed by atoms with Gasteiger partial charge < -0.3 is 4.74 Å². The van der Waals surface area contributed by atoms with Gasteiger partial charge in [-0.2, -0.15) is 0 Å². The number of ether oxygens (including phenoxy) is 1. The van der Waals surface area contributed by atoms with Crippen molar-refractivity contribution in [3.8, 4) is 0 Å². The zero-order chi connectivity index (χ0) is 15.6. The number of rotatable bonds is 10. The largest absolute Gasteiger partial charge is 0.469 e. The summed E-state index contributed by atoms with van der Waals surface area (Å²) >= 11 is 0. The molecule has 0 bridgehead atoms. The summed E-state index contributed by atoms with van der Waals surface area (Å²) in [6.07, 6.45) is 16.1. The monoisotopic (exact) mass is 296 g/mol. The van der Waals surface area contributed by atoms with E-state index in [4.69, 9.17) is 4.74 Å². The average molecular weight is 296 g/mol. The van der Waals surface area contributed by atoms with Gasteiger partial charge in [-0.3, -0.25) is 4.79 Å². The van der Waals surface area contributed by atoms with Gasteiger partial charge in [-0.15, -0.1) is 0 Å². The fourth-order valence-corrected chi connectivity index (χ4v) is 3.85. The highest BCUT2D eigenvalue weighted by Gasteiger charge is 2.39. The van der Waals surface area contributed by atoms with Crippen molar-refractivity contribution in [2.75, 3.05) is 7.11 Å². The Morgan fingerprint density at radius 2 is 1.71 bits per heavy atom. The van der Waals surface area contributed by atoms with Crippen LogP contribution in [-0.4, -0.2) is 13.1 Å². The zero-order valence-electron chi connectivity index (χ0n) is 14.6. The summed E-state index contributed by atoms with van der Waals surface area (Å²) < 4.78 is 5.10. The topological polar surface area (TPSA) is 26.3 Å². The standard InChI is InChI=1S/C19H36O2/c1-4-5-6-8-12-17(2)13-11-16-19(18(20)21-3)14-9-7-10-15-19/h17H,4-16H2,1-3H3. The Labute approximate surface area is 132 Å². The van der Waals surface area contributed by atoms with E-state index in [1.165, 1.54) is 64.2 Å². The maximum atomic E-state index is 12.2. The van der Waals surface area contributed by atoms with E-state index in [1.807, 2.05) is 0 Å². The van der Waals surface area contributed by atoms with Gasteiger partial charge in [0.2, 0.25) is 0 Å². The van der Waals surface area contributed by atoms with Gasteiger partial charge in [0, 0.05) is 0 Å². The summed E-state index contributed by atoms with van der Waals surface area (Å²) in [7, 11) is 1.55. The summed E-state index contributed by atoms with van der Waals surface area (Å²) in [5.41, 5.74) is -0.144. The first-order valence-electron chi connectivity index (χ1n) is 9.23. The Kier molecular flexibility index (Phi) is 9.03. The maximum Gasteiger partial charge on any atom is 0.311 e. The van der Waals surface area contributed by atoms with Crippen LogP contribution in [-0.2, 0) is 9.53 Å². The first-order chi connectivity index (χ1) is 10.1. The molecule has 0 amide bonds. The zero-order valence-corrected chi connectivity index (χ0v) is 14.6. The molecule has 1 saturated carbocycles. The number of esters is 1. The van der Waals surface area contributed by atoms with Crippen LogP contribution in [0.3, 0.4) is 0 Å². The third-order valence-corrected chi connectivity index (χ3v) is 5.33. The lowest BCUT2D eigenvalue weighted by molar-refractivity contribution is -0.155. The smallest absolute Gasteiger partial charge is 0.311 e. The second-order valence-electron chi connectivity index (χ2n) is 7.18. The molecule has 1 aliphatic carbocycles. The molecule has 0 heterocycles. The molecule has 1 atom stereocenters. The van der Waals surface area contributed by atoms with E-state index in [9.17, 15) is 4.79 Å². The van der Waals surface area contributed by atoms with Crippen molar-refractivity contribution in [1.82, 2.24) is 0 Å². The molecule has 2 nitrogen and oxygen atoms in total. The summed E-state index contributed by atoms with van der Waals surface area (Å²) in [6, 6.07) is 0. The predicted octanol–water partition coefficient (Wildman–Crippen LogP) is 5.89. The fraction of sp³-hybridized carbons (Fsp3) is 0.947. The van der Waals surface area contributed by atoms with Crippen LogP contribution in [0.15, 0.2) is 0 Å². The van der Waals surface area contributed by atoms with Crippen molar-refractivity contribution in [1.29, 1.82) is 0 Å². The molecule has 1 rings (SSSR count). The number of methoxy groups -OCH3 is 1. The van der Waals surface area contributed by atoms with E-state index in [1.54, 1.807) is 7.11 Å². The van der Waals surface area contributed by atoms with Gasteiger partial charge in [-0.05, 0) is 25.2 Å². The quantitative estimate of drug-likeness (QED) is 0.371. The van der Waals surface area contributed by atoms with E-state index in [2.05, 4.69) is 13.8 Å². The van der Waals surface area contributed by atoms with E-state index in [-0.39, 0.29) is 11.4 Å². The Balaban J connectivity index is 2.28. The average Bonchev–Trinajstić information content (AvgIpc) is 2.51. The second kappa shape index (κ2) is 10.2. The van der Waals surface area contributed by atoms with Gasteiger partial charge in [-0.1, -0.05) is 78.1 Å². The van der Waals surface area contributed by atoms with Crippen molar-refractivity contribution >= 4 is 5.97 Å². The lowest BCUT2D eigenvalue weighted by atomic mass is 9.70. The molecule has 0 N–H and O–H groups in total. The van der Waals surface area contributed by atoms with E-state index >= 15 is 0 Å². The highest BCUT2D eigenvalue weighted by Crippen LogP contribution is 2.42. The van der Waals surface area contributed by atoms with Crippen LogP contribution >= 0.6 is 0 Å². The van der Waals surface area contributed by atoms with Crippen molar-refractivity contribution in [3.63, 3.8) is 0 Å². The molecule has 124 valence electrons. The van der Waals surface area contributed by atoms with Gasteiger partial charge in [0.05, 0.1) is 12.5 Å². The van der Waals surface area contributed by atoms with Crippen molar-refractivity contribution in [2.24, 2.45) is 11.3 Å². The van der Waals surface area contributed by atoms with Crippen LogP contribution in [0.4, 0.5) is 0 Å². The van der Waals surface area contributed by atoms with Crippen molar-refractivity contribution in [3.05, 3.63) is 0 Å². The molecule has 1 fully saturated rings. The molecule has 0 aromatic heterocycles. The Morgan fingerprint density at radius 3 is 2.33 bits per heavy atom. The third-order valence-electron chi connectivity index (χ3n) is 5.33. The van der Waals surface area contributed by atoms with Crippen LogP contribution in [0, 0.1) is 11.3 Å². The minimum atomic E-state index is -0.144. The summed E-state index contributed by atoms with van der Waals surface area (Å²) in [5.74, 6) is 0.859. The fourth-order valence-electron chi connectivity index (χ4n) is 3.85. The molecule has 0 aliphatic heterocycles. The van der Waals surface area contributed by atoms with Crippen LogP contribution in [0.5, 0.6) is 0 Å². The van der Waals surface area contributed by atoms with Crippen LogP contribution < -0.4 is 0 Å². The Hall–Kier alpha value is -0.530. The van der Waals surface area contributed by atoms with Gasteiger partial charge in [0.15, 0.2) is 0 Å². The lowest BCUT2D eigenvalue weighted by Crippen LogP contribution is -2.34. The number of hydrogen-bond donors (Lipinski definition) is 0. The Morgan fingerprint density at radius 1 is 1.05 bits per heavy atom. The van der Waals surface area contributed by atoms with Crippen molar-refractivity contribution < 1.29 is 9.53 Å². The molecular weight excluding hydrogens is 260 g/mol. The van der Waals surface area contributed by atoms with Gasteiger partial charge >= 0.3 is 5.97 Å². The molecule has 21 heavy (non-hydrogen) atoms. The number of carbonyl (C=O) groups is 1.